The first kappa shape index (κ1) is 22.8. The quantitative estimate of drug-likeness (QED) is 0.653. The fraction of sp³-hybridized carbons (Fsp3) is 0.500. The van der Waals surface area contributed by atoms with E-state index in [1.165, 1.54) is 0 Å². The van der Waals surface area contributed by atoms with Gasteiger partial charge in [-0.05, 0) is 73.9 Å². The number of hydrogen-bond donors (Lipinski definition) is 0. The van der Waals surface area contributed by atoms with Crippen LogP contribution in [0.1, 0.15) is 72.6 Å². The number of carbonyl (C=O) groups excluding carboxylic acids is 2. The zero-order valence-corrected chi connectivity index (χ0v) is 20.4. The van der Waals surface area contributed by atoms with Crippen LogP contribution in [0, 0.1) is 5.92 Å². The molecule has 6 nitrogen and oxygen atoms in total. The van der Waals surface area contributed by atoms with Crippen molar-refractivity contribution in [3.63, 3.8) is 0 Å². The number of carbonyl (C=O) groups is 2. The van der Waals surface area contributed by atoms with Crippen LogP contribution < -0.4 is 9.47 Å². The second kappa shape index (κ2) is 9.32. The second-order valence-electron chi connectivity index (χ2n) is 9.65. The molecular weight excluding hydrogens is 428 g/mol. The number of benzene rings is 2. The molecule has 0 radical (unpaired) electrons. The Kier molecular flexibility index (Phi) is 6.24. The minimum absolute atomic E-state index is 0.00848. The van der Waals surface area contributed by atoms with Crippen LogP contribution in [-0.4, -0.2) is 54.5 Å². The molecule has 3 aliphatic rings. The Morgan fingerprint density at radius 2 is 1.76 bits per heavy atom. The molecule has 2 aromatic rings. The summed E-state index contributed by atoms with van der Waals surface area (Å²) in [5.74, 6) is 1.60. The molecule has 3 atom stereocenters. The summed E-state index contributed by atoms with van der Waals surface area (Å²) in [7, 11) is 0. The zero-order valence-electron chi connectivity index (χ0n) is 20.4. The van der Waals surface area contributed by atoms with Crippen molar-refractivity contribution < 1.29 is 19.1 Å². The third kappa shape index (κ3) is 3.83. The summed E-state index contributed by atoms with van der Waals surface area (Å²) in [4.78, 5) is 31.7. The number of nitrogens with zero attached hydrogens (tertiary/aromatic N) is 2. The largest absolute Gasteiger partial charge is 0.490 e. The summed E-state index contributed by atoms with van der Waals surface area (Å²) in [5.41, 5.74) is 3.63. The third-order valence-electron chi connectivity index (χ3n) is 7.42. The van der Waals surface area contributed by atoms with Crippen molar-refractivity contribution in [2.45, 2.75) is 52.0 Å². The maximum Gasteiger partial charge on any atom is 0.254 e. The molecule has 3 heterocycles. The maximum atomic E-state index is 14.1. The van der Waals surface area contributed by atoms with Gasteiger partial charge >= 0.3 is 0 Å². The van der Waals surface area contributed by atoms with E-state index in [2.05, 4.69) is 13.0 Å². The van der Waals surface area contributed by atoms with E-state index in [1.54, 1.807) is 0 Å². The molecular formula is C28H34N2O4. The molecule has 34 heavy (non-hydrogen) atoms. The van der Waals surface area contributed by atoms with Crippen LogP contribution in [0.15, 0.2) is 36.4 Å². The van der Waals surface area contributed by atoms with Crippen LogP contribution in [0.5, 0.6) is 11.5 Å². The van der Waals surface area contributed by atoms with E-state index >= 15 is 0 Å². The summed E-state index contributed by atoms with van der Waals surface area (Å²) in [6, 6.07) is 11.4. The lowest BCUT2D eigenvalue weighted by atomic mass is 9.75. The number of hydrogen-bond acceptors (Lipinski definition) is 4. The molecule has 5 rings (SSSR count). The highest BCUT2D eigenvalue weighted by molar-refractivity contribution is 6.01. The van der Waals surface area contributed by atoms with Crippen molar-refractivity contribution in [2.24, 2.45) is 5.92 Å². The van der Waals surface area contributed by atoms with Gasteiger partial charge < -0.3 is 19.3 Å². The van der Waals surface area contributed by atoms with Crippen LogP contribution in [0.4, 0.5) is 0 Å². The van der Waals surface area contributed by atoms with E-state index in [4.69, 9.17) is 9.47 Å². The number of ether oxygens (including phenoxy) is 2. The molecule has 0 N–H and O–H groups in total. The molecule has 2 amide bonds. The number of amides is 2. The average Bonchev–Trinajstić information content (AvgIpc) is 2.84. The molecule has 1 fully saturated rings. The van der Waals surface area contributed by atoms with Gasteiger partial charge in [0, 0.05) is 25.2 Å². The van der Waals surface area contributed by atoms with Crippen molar-refractivity contribution in [3.05, 3.63) is 58.7 Å². The highest BCUT2D eigenvalue weighted by Crippen LogP contribution is 2.49. The fourth-order valence-corrected chi connectivity index (χ4v) is 5.92. The topological polar surface area (TPSA) is 59.1 Å². The van der Waals surface area contributed by atoms with Gasteiger partial charge in [0.05, 0.1) is 25.2 Å². The second-order valence-corrected chi connectivity index (χ2v) is 9.65. The minimum atomic E-state index is -0.425. The van der Waals surface area contributed by atoms with Gasteiger partial charge in [0.15, 0.2) is 11.5 Å². The van der Waals surface area contributed by atoms with Crippen molar-refractivity contribution in [1.29, 1.82) is 0 Å². The summed E-state index contributed by atoms with van der Waals surface area (Å²) in [6.45, 7) is 9.33. The number of fused-ring (bicyclic) bond motifs is 4. The van der Waals surface area contributed by atoms with Crippen molar-refractivity contribution in [2.75, 3.05) is 32.8 Å². The Labute approximate surface area is 201 Å². The molecule has 0 bridgehead atoms. The first-order valence-electron chi connectivity index (χ1n) is 12.6. The van der Waals surface area contributed by atoms with Crippen molar-refractivity contribution in [3.8, 4) is 11.5 Å². The van der Waals surface area contributed by atoms with E-state index in [9.17, 15) is 9.59 Å². The Morgan fingerprint density at radius 1 is 1.03 bits per heavy atom. The zero-order chi connectivity index (χ0) is 23.8. The van der Waals surface area contributed by atoms with E-state index < -0.39 is 5.92 Å². The Balaban J connectivity index is 1.65. The molecule has 0 aromatic heterocycles. The molecule has 0 saturated carbocycles. The van der Waals surface area contributed by atoms with Crippen molar-refractivity contribution in [1.82, 2.24) is 9.80 Å². The summed E-state index contributed by atoms with van der Waals surface area (Å²) in [6.07, 6.45) is 2.91. The first-order valence-corrected chi connectivity index (χ1v) is 12.6. The molecule has 0 aliphatic carbocycles. The molecule has 0 unspecified atom stereocenters. The first-order chi connectivity index (χ1) is 16.5. The molecule has 1 saturated heterocycles. The van der Waals surface area contributed by atoms with Gasteiger partial charge in [-0.2, -0.15) is 0 Å². The average molecular weight is 463 g/mol. The summed E-state index contributed by atoms with van der Waals surface area (Å²) >= 11 is 0. The van der Waals surface area contributed by atoms with Gasteiger partial charge in [-0.25, -0.2) is 0 Å². The predicted octanol–water partition coefficient (Wildman–Crippen LogP) is 4.58. The van der Waals surface area contributed by atoms with Crippen LogP contribution in [-0.2, 0) is 11.2 Å². The van der Waals surface area contributed by atoms with Gasteiger partial charge in [0.2, 0.25) is 5.91 Å². The highest BCUT2D eigenvalue weighted by Gasteiger charge is 2.48. The predicted molar refractivity (Wildman–Crippen MR) is 130 cm³/mol. The van der Waals surface area contributed by atoms with E-state index in [-0.39, 0.29) is 17.9 Å². The highest BCUT2D eigenvalue weighted by atomic mass is 16.5. The standard InChI is InChI=1S/C28H34N2O4/c1-4-33-23-15-19-12-14-30-26(22(19)16-24(23)34-5-2)25(20-10-6-7-11-21(20)27(30)31)28(32)29-13-8-9-18(3)17-29/h6-7,10-11,15-16,18,25-26H,4-5,8-9,12-14,17H2,1-3H3/t18-,25+,26-/m1/s1. The van der Waals surface area contributed by atoms with Crippen LogP contribution in [0.25, 0.3) is 0 Å². The lowest BCUT2D eigenvalue weighted by Crippen LogP contribution is -2.52. The monoisotopic (exact) mass is 462 g/mol. The number of likely N-dealkylation sites (tertiary alicyclic amines) is 1. The van der Waals surface area contributed by atoms with E-state index in [1.807, 2.05) is 54.0 Å². The minimum Gasteiger partial charge on any atom is -0.490 e. The van der Waals surface area contributed by atoms with Crippen LogP contribution in [0.3, 0.4) is 0 Å². The Hall–Kier alpha value is -3.02. The molecule has 2 aromatic carbocycles. The summed E-state index contributed by atoms with van der Waals surface area (Å²) in [5, 5.41) is 0. The smallest absolute Gasteiger partial charge is 0.254 e. The van der Waals surface area contributed by atoms with E-state index in [0.29, 0.717) is 37.0 Å². The molecule has 0 spiro atoms. The molecule has 3 aliphatic heterocycles. The third-order valence-corrected chi connectivity index (χ3v) is 7.42. The SMILES string of the molecule is CCOc1cc2c(cc1OCC)[C@@H]1[C@@H](C(=O)N3CCC[C@@H](C)C3)c3ccccc3C(=O)N1CC2. The van der Waals surface area contributed by atoms with E-state index in [0.717, 1.165) is 54.8 Å². The number of rotatable bonds is 5. The van der Waals surface area contributed by atoms with Gasteiger partial charge in [-0.3, -0.25) is 9.59 Å². The molecule has 180 valence electrons. The van der Waals surface area contributed by atoms with Gasteiger partial charge in [-0.1, -0.05) is 25.1 Å². The van der Waals surface area contributed by atoms with Gasteiger partial charge in [0.25, 0.3) is 5.91 Å². The number of piperidine rings is 1. The maximum absolute atomic E-state index is 14.1. The molecule has 6 heteroatoms. The van der Waals surface area contributed by atoms with Gasteiger partial charge in [-0.15, -0.1) is 0 Å². The normalized spacial score (nSPS) is 23.6. The lowest BCUT2D eigenvalue weighted by Gasteiger charge is -2.47. The Bertz CT molecular complexity index is 1100. The Morgan fingerprint density at radius 3 is 2.50 bits per heavy atom. The summed E-state index contributed by atoms with van der Waals surface area (Å²) < 4.78 is 11.8. The van der Waals surface area contributed by atoms with Crippen molar-refractivity contribution >= 4 is 11.8 Å². The van der Waals surface area contributed by atoms with Crippen LogP contribution >= 0.6 is 0 Å². The van der Waals surface area contributed by atoms with Crippen LogP contribution in [0.2, 0.25) is 0 Å². The fourth-order valence-electron chi connectivity index (χ4n) is 5.92. The lowest BCUT2D eigenvalue weighted by molar-refractivity contribution is -0.136. The van der Waals surface area contributed by atoms with Gasteiger partial charge in [0.1, 0.15) is 0 Å².